The number of hydrogen-bond acceptors (Lipinski definition) is 3. The summed E-state index contributed by atoms with van der Waals surface area (Å²) in [5, 5.41) is 2.77. The Hall–Kier alpha value is -2.69. The van der Waals surface area contributed by atoms with Gasteiger partial charge in [-0.25, -0.2) is 4.39 Å². The highest BCUT2D eigenvalue weighted by molar-refractivity contribution is 5.94. The molecule has 3 rings (SSSR count). The maximum atomic E-state index is 13.5. The smallest absolute Gasteiger partial charge is 0.224 e. The van der Waals surface area contributed by atoms with Gasteiger partial charge in [0.05, 0.1) is 5.56 Å². The van der Waals surface area contributed by atoms with E-state index in [1.54, 1.807) is 18.2 Å². The third-order valence-electron chi connectivity index (χ3n) is 3.33. The summed E-state index contributed by atoms with van der Waals surface area (Å²) >= 11 is 0. The Morgan fingerprint density at radius 2 is 2.05 bits per heavy atom. The molecule has 0 radical (unpaired) electrons. The molecular weight excluding hydrogens is 273 g/mol. The number of nitrogens with one attached hydrogen (secondary N) is 1. The molecule has 5 heteroatoms. The summed E-state index contributed by atoms with van der Waals surface area (Å²) in [6.45, 7) is 0. The number of benzene rings is 2. The molecule has 0 saturated heterocycles. The van der Waals surface area contributed by atoms with E-state index in [1.807, 2.05) is 0 Å². The van der Waals surface area contributed by atoms with Gasteiger partial charge < -0.3 is 10.1 Å². The number of halogens is 1. The molecule has 106 valence electrons. The van der Waals surface area contributed by atoms with Gasteiger partial charge in [0.1, 0.15) is 17.3 Å². The highest BCUT2D eigenvalue weighted by atomic mass is 19.1. The normalized spacial score (nSPS) is 13.3. The highest BCUT2D eigenvalue weighted by Crippen LogP contribution is 2.31. The molecule has 0 spiro atoms. The highest BCUT2D eigenvalue weighted by Gasteiger charge is 2.16. The first-order valence-electron chi connectivity index (χ1n) is 6.51. The van der Waals surface area contributed by atoms with Crippen LogP contribution in [0.3, 0.4) is 0 Å². The van der Waals surface area contributed by atoms with E-state index in [1.165, 1.54) is 18.2 Å². The zero-order valence-electron chi connectivity index (χ0n) is 11.1. The predicted octanol–water partition coefficient (Wildman–Crippen LogP) is 3.32. The lowest BCUT2D eigenvalue weighted by molar-refractivity contribution is -0.116. The average Bonchev–Trinajstić information content (AvgIpc) is 2.48. The van der Waals surface area contributed by atoms with Gasteiger partial charge in [-0.05, 0) is 42.3 Å². The minimum Gasteiger partial charge on any atom is -0.457 e. The monoisotopic (exact) mass is 285 g/mol. The zero-order chi connectivity index (χ0) is 14.8. The van der Waals surface area contributed by atoms with Crippen molar-refractivity contribution in [2.75, 3.05) is 5.32 Å². The minimum absolute atomic E-state index is 0.00969. The number of aldehydes is 1. The lowest BCUT2D eigenvalue weighted by atomic mass is 10.0. The van der Waals surface area contributed by atoms with Crippen molar-refractivity contribution >= 4 is 17.9 Å². The molecule has 0 aromatic heterocycles. The summed E-state index contributed by atoms with van der Waals surface area (Å²) < 4.78 is 19.1. The predicted molar refractivity (Wildman–Crippen MR) is 75.3 cm³/mol. The number of rotatable bonds is 3. The van der Waals surface area contributed by atoms with Crippen molar-refractivity contribution in [3.05, 3.63) is 53.3 Å². The molecule has 21 heavy (non-hydrogen) atoms. The van der Waals surface area contributed by atoms with Crippen LogP contribution in [0.15, 0.2) is 36.4 Å². The number of hydrogen-bond donors (Lipinski definition) is 1. The fraction of sp³-hybridized carbons (Fsp3) is 0.125. The van der Waals surface area contributed by atoms with E-state index in [9.17, 15) is 14.0 Å². The topological polar surface area (TPSA) is 55.4 Å². The Bertz CT molecular complexity index is 727. The van der Waals surface area contributed by atoms with Gasteiger partial charge in [-0.1, -0.05) is 6.07 Å². The van der Waals surface area contributed by atoms with Crippen LogP contribution < -0.4 is 10.1 Å². The van der Waals surface area contributed by atoms with Crippen LogP contribution in [-0.4, -0.2) is 12.2 Å². The lowest BCUT2D eigenvalue weighted by Gasteiger charge is -2.18. The summed E-state index contributed by atoms with van der Waals surface area (Å²) in [6, 6.07) is 9.42. The number of anilines is 1. The van der Waals surface area contributed by atoms with E-state index in [0.717, 1.165) is 11.3 Å². The fourth-order valence-corrected chi connectivity index (χ4v) is 2.27. The van der Waals surface area contributed by atoms with Crippen LogP contribution in [-0.2, 0) is 11.2 Å². The van der Waals surface area contributed by atoms with E-state index < -0.39 is 5.82 Å². The second kappa shape index (κ2) is 5.36. The Labute approximate surface area is 120 Å². The average molecular weight is 285 g/mol. The van der Waals surface area contributed by atoms with Crippen LogP contribution in [0.4, 0.5) is 10.1 Å². The standard InChI is InChI=1S/C16H12FNO3/c17-13-2-1-3-15(12(13)9-19)21-11-5-6-14-10(8-11)4-7-16(20)18-14/h1-3,5-6,8-9H,4,7H2,(H,18,20). The molecule has 0 saturated carbocycles. The van der Waals surface area contributed by atoms with Crippen molar-refractivity contribution in [1.82, 2.24) is 0 Å². The first-order valence-corrected chi connectivity index (χ1v) is 6.51. The maximum Gasteiger partial charge on any atom is 0.224 e. The summed E-state index contributed by atoms with van der Waals surface area (Å²) in [4.78, 5) is 22.2. The summed E-state index contributed by atoms with van der Waals surface area (Å²) in [7, 11) is 0. The molecule has 2 aromatic rings. The van der Waals surface area contributed by atoms with Crippen molar-refractivity contribution in [3.8, 4) is 11.5 Å². The molecule has 2 aromatic carbocycles. The molecule has 1 amide bonds. The minimum atomic E-state index is -0.618. The molecule has 0 atom stereocenters. The van der Waals surface area contributed by atoms with Crippen molar-refractivity contribution < 1.29 is 18.7 Å². The van der Waals surface area contributed by atoms with Gasteiger partial charge >= 0.3 is 0 Å². The van der Waals surface area contributed by atoms with Crippen molar-refractivity contribution in [2.24, 2.45) is 0 Å². The lowest BCUT2D eigenvalue weighted by Crippen LogP contribution is -2.18. The number of amides is 1. The van der Waals surface area contributed by atoms with E-state index in [0.29, 0.717) is 24.9 Å². The first kappa shape index (κ1) is 13.3. The van der Waals surface area contributed by atoms with Crippen molar-refractivity contribution in [2.45, 2.75) is 12.8 Å². The first-order chi connectivity index (χ1) is 10.2. The van der Waals surface area contributed by atoms with Crippen LogP contribution in [0.1, 0.15) is 22.3 Å². The SMILES string of the molecule is O=Cc1c(F)cccc1Oc1ccc2c(c1)CCC(=O)N2. The van der Waals surface area contributed by atoms with E-state index in [-0.39, 0.29) is 17.2 Å². The molecule has 1 N–H and O–H groups in total. The molecule has 0 aliphatic carbocycles. The Balaban J connectivity index is 1.91. The van der Waals surface area contributed by atoms with E-state index in [2.05, 4.69) is 5.32 Å². The zero-order valence-corrected chi connectivity index (χ0v) is 11.1. The van der Waals surface area contributed by atoms with Gasteiger partial charge in [0.15, 0.2) is 6.29 Å². The molecule has 4 nitrogen and oxygen atoms in total. The molecule has 0 unspecified atom stereocenters. The molecule has 0 bridgehead atoms. The summed E-state index contributed by atoms with van der Waals surface area (Å²) in [6.07, 6.45) is 1.49. The molecular formula is C16H12FNO3. The van der Waals surface area contributed by atoms with Gasteiger partial charge in [0.2, 0.25) is 5.91 Å². The number of aryl methyl sites for hydroxylation is 1. The second-order valence-electron chi connectivity index (χ2n) is 4.74. The molecule has 1 heterocycles. The molecule has 0 fully saturated rings. The maximum absolute atomic E-state index is 13.5. The van der Waals surface area contributed by atoms with Crippen LogP contribution in [0.25, 0.3) is 0 Å². The van der Waals surface area contributed by atoms with Gasteiger partial charge in [0, 0.05) is 12.1 Å². The number of fused-ring (bicyclic) bond motifs is 1. The van der Waals surface area contributed by atoms with Crippen molar-refractivity contribution in [1.29, 1.82) is 0 Å². The Morgan fingerprint density at radius 3 is 2.86 bits per heavy atom. The molecule has 1 aliphatic heterocycles. The Kier molecular flexibility index (Phi) is 3.39. The summed E-state index contributed by atoms with van der Waals surface area (Å²) in [5.41, 5.74) is 1.60. The van der Waals surface area contributed by atoms with E-state index >= 15 is 0 Å². The fourth-order valence-electron chi connectivity index (χ4n) is 2.27. The molecule has 1 aliphatic rings. The van der Waals surface area contributed by atoms with Gasteiger partial charge in [-0.2, -0.15) is 0 Å². The van der Waals surface area contributed by atoms with Crippen LogP contribution >= 0.6 is 0 Å². The second-order valence-corrected chi connectivity index (χ2v) is 4.74. The summed E-state index contributed by atoms with van der Waals surface area (Å²) in [5.74, 6) is 0.0423. The third-order valence-corrected chi connectivity index (χ3v) is 3.33. The van der Waals surface area contributed by atoms with Crippen molar-refractivity contribution in [3.63, 3.8) is 0 Å². The van der Waals surface area contributed by atoms with Crippen LogP contribution in [0.5, 0.6) is 11.5 Å². The number of carbonyl (C=O) groups excluding carboxylic acids is 2. The van der Waals surface area contributed by atoms with Gasteiger partial charge in [-0.3, -0.25) is 9.59 Å². The van der Waals surface area contributed by atoms with E-state index in [4.69, 9.17) is 4.74 Å². The number of ether oxygens (including phenoxy) is 1. The van der Waals surface area contributed by atoms with Gasteiger partial charge in [-0.15, -0.1) is 0 Å². The van der Waals surface area contributed by atoms with Crippen LogP contribution in [0, 0.1) is 5.82 Å². The number of carbonyl (C=O) groups is 2. The quantitative estimate of drug-likeness (QED) is 0.880. The van der Waals surface area contributed by atoms with Gasteiger partial charge in [0.25, 0.3) is 0 Å². The largest absolute Gasteiger partial charge is 0.457 e. The third kappa shape index (κ3) is 2.63. The Morgan fingerprint density at radius 1 is 1.19 bits per heavy atom. The van der Waals surface area contributed by atoms with Crippen LogP contribution in [0.2, 0.25) is 0 Å².